The Morgan fingerprint density at radius 2 is 2.12 bits per heavy atom. The van der Waals surface area contributed by atoms with Gasteiger partial charge in [-0.1, -0.05) is 6.92 Å². The maximum absolute atomic E-state index is 9.00. The van der Waals surface area contributed by atoms with Gasteiger partial charge in [0, 0.05) is 25.8 Å². The van der Waals surface area contributed by atoms with Crippen molar-refractivity contribution in [3.8, 4) is 0 Å². The highest BCUT2D eigenvalue weighted by Gasteiger charge is 2.20. The lowest BCUT2D eigenvalue weighted by molar-refractivity contribution is 0.127. The SMILES string of the molecule is CCCN1CCC(NC(CCO)COC)CC1. The van der Waals surface area contributed by atoms with Gasteiger partial charge in [0.2, 0.25) is 0 Å². The quantitative estimate of drug-likeness (QED) is 0.664. The summed E-state index contributed by atoms with van der Waals surface area (Å²) in [5.74, 6) is 0. The number of nitrogens with one attached hydrogen (secondary N) is 1. The molecule has 17 heavy (non-hydrogen) atoms. The zero-order chi connectivity index (χ0) is 12.5. The molecule has 1 unspecified atom stereocenters. The topological polar surface area (TPSA) is 44.7 Å². The summed E-state index contributed by atoms with van der Waals surface area (Å²) in [7, 11) is 1.72. The minimum atomic E-state index is 0.232. The molecule has 1 saturated heterocycles. The number of piperidine rings is 1. The first-order valence-corrected chi connectivity index (χ1v) is 6.88. The smallest absolute Gasteiger partial charge is 0.0616 e. The van der Waals surface area contributed by atoms with Crippen LogP contribution >= 0.6 is 0 Å². The number of hydrogen-bond donors (Lipinski definition) is 2. The zero-order valence-electron chi connectivity index (χ0n) is 11.3. The third kappa shape index (κ3) is 5.82. The van der Waals surface area contributed by atoms with E-state index in [0.29, 0.717) is 18.7 Å². The number of methoxy groups -OCH3 is 1. The molecule has 1 rings (SSSR count). The third-order valence-electron chi connectivity index (χ3n) is 3.44. The largest absolute Gasteiger partial charge is 0.396 e. The Kier molecular flexibility index (Phi) is 7.77. The lowest BCUT2D eigenvalue weighted by atomic mass is 10.0. The van der Waals surface area contributed by atoms with Gasteiger partial charge in [0.05, 0.1) is 6.61 Å². The van der Waals surface area contributed by atoms with Gasteiger partial charge < -0.3 is 20.1 Å². The standard InChI is InChI=1S/C13H28N2O2/c1-3-7-15-8-4-12(5-9-15)14-13(6-10-16)11-17-2/h12-14,16H,3-11H2,1-2H3. The fraction of sp³-hybridized carbons (Fsp3) is 1.00. The van der Waals surface area contributed by atoms with Crippen LogP contribution in [0.1, 0.15) is 32.6 Å². The van der Waals surface area contributed by atoms with Crippen molar-refractivity contribution in [3.05, 3.63) is 0 Å². The van der Waals surface area contributed by atoms with E-state index in [4.69, 9.17) is 9.84 Å². The summed E-state index contributed by atoms with van der Waals surface area (Å²) in [6.45, 7) is 6.78. The summed E-state index contributed by atoms with van der Waals surface area (Å²) in [5, 5.41) is 12.6. The molecule has 0 saturated carbocycles. The van der Waals surface area contributed by atoms with Gasteiger partial charge in [-0.2, -0.15) is 0 Å². The molecule has 102 valence electrons. The summed E-state index contributed by atoms with van der Waals surface area (Å²) in [6.07, 6.45) is 4.45. The second kappa shape index (κ2) is 8.86. The summed E-state index contributed by atoms with van der Waals surface area (Å²) in [5.41, 5.74) is 0. The highest BCUT2D eigenvalue weighted by atomic mass is 16.5. The second-order valence-electron chi connectivity index (χ2n) is 4.95. The Morgan fingerprint density at radius 1 is 1.41 bits per heavy atom. The van der Waals surface area contributed by atoms with Crippen LogP contribution in [0.3, 0.4) is 0 Å². The maximum Gasteiger partial charge on any atom is 0.0616 e. The van der Waals surface area contributed by atoms with Crippen molar-refractivity contribution in [1.82, 2.24) is 10.2 Å². The number of aliphatic hydroxyl groups is 1. The summed E-state index contributed by atoms with van der Waals surface area (Å²) >= 11 is 0. The van der Waals surface area contributed by atoms with Crippen molar-refractivity contribution in [2.45, 2.75) is 44.7 Å². The van der Waals surface area contributed by atoms with Crippen LogP contribution in [-0.4, -0.2) is 62.0 Å². The molecule has 1 fully saturated rings. The van der Waals surface area contributed by atoms with Crippen molar-refractivity contribution in [2.24, 2.45) is 0 Å². The normalized spacial score (nSPS) is 20.6. The van der Waals surface area contributed by atoms with E-state index >= 15 is 0 Å². The van der Waals surface area contributed by atoms with E-state index in [9.17, 15) is 0 Å². The molecule has 0 radical (unpaired) electrons. The highest BCUT2D eigenvalue weighted by molar-refractivity contribution is 4.80. The molecular weight excluding hydrogens is 216 g/mol. The number of likely N-dealkylation sites (tertiary alicyclic amines) is 1. The molecule has 0 aliphatic carbocycles. The number of hydrogen-bond acceptors (Lipinski definition) is 4. The summed E-state index contributed by atoms with van der Waals surface area (Å²) in [4.78, 5) is 2.54. The van der Waals surface area contributed by atoms with Crippen LogP contribution in [0.4, 0.5) is 0 Å². The third-order valence-corrected chi connectivity index (χ3v) is 3.44. The average Bonchev–Trinajstić information content (AvgIpc) is 2.33. The predicted octanol–water partition coefficient (Wildman–Crippen LogP) is 0.848. The first kappa shape index (κ1) is 14.9. The van der Waals surface area contributed by atoms with Gasteiger partial charge in [0.1, 0.15) is 0 Å². The lowest BCUT2D eigenvalue weighted by Crippen LogP contribution is -2.47. The van der Waals surface area contributed by atoms with Crippen LogP contribution in [0.2, 0.25) is 0 Å². The molecular formula is C13H28N2O2. The molecule has 0 bridgehead atoms. The van der Waals surface area contributed by atoms with Crippen molar-refractivity contribution in [3.63, 3.8) is 0 Å². The van der Waals surface area contributed by atoms with E-state index in [-0.39, 0.29) is 6.61 Å². The number of rotatable bonds is 8. The van der Waals surface area contributed by atoms with E-state index in [2.05, 4.69) is 17.1 Å². The molecule has 1 heterocycles. The van der Waals surface area contributed by atoms with E-state index < -0.39 is 0 Å². The predicted molar refractivity (Wildman–Crippen MR) is 70.3 cm³/mol. The van der Waals surface area contributed by atoms with Crippen LogP contribution in [0.5, 0.6) is 0 Å². The zero-order valence-corrected chi connectivity index (χ0v) is 11.3. The number of nitrogens with zero attached hydrogens (tertiary/aromatic N) is 1. The summed E-state index contributed by atoms with van der Waals surface area (Å²) in [6, 6.07) is 0.891. The molecule has 0 aromatic heterocycles. The average molecular weight is 244 g/mol. The van der Waals surface area contributed by atoms with Crippen molar-refractivity contribution < 1.29 is 9.84 Å². The van der Waals surface area contributed by atoms with Gasteiger partial charge in [-0.3, -0.25) is 0 Å². The highest BCUT2D eigenvalue weighted by Crippen LogP contribution is 2.11. The van der Waals surface area contributed by atoms with Gasteiger partial charge in [0.25, 0.3) is 0 Å². The van der Waals surface area contributed by atoms with Gasteiger partial charge in [-0.05, 0) is 45.3 Å². The second-order valence-corrected chi connectivity index (χ2v) is 4.95. The molecule has 4 heteroatoms. The Balaban J connectivity index is 2.22. The minimum absolute atomic E-state index is 0.232. The molecule has 1 atom stereocenters. The summed E-state index contributed by atoms with van der Waals surface area (Å²) < 4.78 is 5.17. The molecule has 0 aromatic rings. The first-order valence-electron chi connectivity index (χ1n) is 6.88. The van der Waals surface area contributed by atoms with E-state index in [1.165, 1.54) is 38.9 Å². The van der Waals surface area contributed by atoms with Gasteiger partial charge >= 0.3 is 0 Å². The van der Waals surface area contributed by atoms with Crippen LogP contribution in [0.15, 0.2) is 0 Å². The number of aliphatic hydroxyl groups excluding tert-OH is 1. The van der Waals surface area contributed by atoms with Crippen molar-refractivity contribution in [1.29, 1.82) is 0 Å². The minimum Gasteiger partial charge on any atom is -0.396 e. The van der Waals surface area contributed by atoms with Crippen LogP contribution in [0, 0.1) is 0 Å². The Morgan fingerprint density at radius 3 is 2.65 bits per heavy atom. The van der Waals surface area contributed by atoms with Crippen LogP contribution in [-0.2, 0) is 4.74 Å². The molecule has 0 aromatic carbocycles. The fourth-order valence-corrected chi connectivity index (χ4v) is 2.54. The Hall–Kier alpha value is -0.160. The molecule has 1 aliphatic heterocycles. The van der Waals surface area contributed by atoms with Gasteiger partial charge in [-0.25, -0.2) is 0 Å². The first-order chi connectivity index (χ1) is 8.30. The Labute approximate surface area is 105 Å². The lowest BCUT2D eigenvalue weighted by Gasteiger charge is -2.34. The monoisotopic (exact) mass is 244 g/mol. The van der Waals surface area contributed by atoms with E-state index in [0.717, 1.165) is 6.42 Å². The molecule has 0 spiro atoms. The maximum atomic E-state index is 9.00. The molecule has 4 nitrogen and oxygen atoms in total. The number of ether oxygens (including phenoxy) is 1. The Bertz CT molecular complexity index is 176. The fourth-order valence-electron chi connectivity index (χ4n) is 2.54. The van der Waals surface area contributed by atoms with Gasteiger partial charge in [0.15, 0.2) is 0 Å². The van der Waals surface area contributed by atoms with Gasteiger partial charge in [-0.15, -0.1) is 0 Å². The molecule has 1 aliphatic rings. The molecule has 0 amide bonds. The van der Waals surface area contributed by atoms with E-state index in [1.54, 1.807) is 7.11 Å². The van der Waals surface area contributed by atoms with E-state index in [1.807, 2.05) is 0 Å². The van der Waals surface area contributed by atoms with Crippen LogP contribution in [0.25, 0.3) is 0 Å². The van der Waals surface area contributed by atoms with Crippen molar-refractivity contribution in [2.75, 3.05) is 40.0 Å². The van der Waals surface area contributed by atoms with Crippen LogP contribution < -0.4 is 5.32 Å². The van der Waals surface area contributed by atoms with Crippen molar-refractivity contribution >= 4 is 0 Å². The molecule has 2 N–H and O–H groups in total.